The highest BCUT2D eigenvalue weighted by Crippen LogP contribution is 2.45. The molecular weight excluding hydrogens is 392 g/mol. The molecule has 7 heteroatoms. The molecule has 0 saturated carbocycles. The summed E-state index contributed by atoms with van der Waals surface area (Å²) in [6, 6.07) is 11.6. The summed E-state index contributed by atoms with van der Waals surface area (Å²) in [6.45, 7) is 6.94. The molecule has 0 spiro atoms. The number of carbonyl (C=O) groups is 2. The molecular formula is C21H26N2O3S2. The molecule has 1 aromatic heterocycles. The average molecular weight is 419 g/mol. The number of carbonyl (C=O) groups excluding carboxylic acids is 2. The molecule has 28 heavy (non-hydrogen) atoms. The number of amides is 2. The first-order valence-electron chi connectivity index (χ1n) is 9.37. The van der Waals surface area contributed by atoms with Crippen LogP contribution in [0.15, 0.2) is 41.8 Å². The van der Waals surface area contributed by atoms with Crippen LogP contribution in [0, 0.1) is 0 Å². The Balaban J connectivity index is 1.79. The van der Waals surface area contributed by atoms with Gasteiger partial charge in [-0.15, -0.1) is 23.1 Å². The Morgan fingerprint density at radius 3 is 2.64 bits per heavy atom. The first kappa shape index (κ1) is 20.7. The van der Waals surface area contributed by atoms with E-state index in [-0.39, 0.29) is 28.5 Å². The Labute approximate surface area is 174 Å². The highest BCUT2D eigenvalue weighted by atomic mass is 32.2. The number of thiophene rings is 1. The largest absolute Gasteiger partial charge is 0.496 e. The molecule has 1 aromatic carbocycles. The molecule has 0 radical (unpaired) electrons. The third kappa shape index (κ3) is 4.20. The predicted octanol–water partition coefficient (Wildman–Crippen LogP) is 4.27. The van der Waals surface area contributed by atoms with E-state index in [1.165, 1.54) is 11.3 Å². The van der Waals surface area contributed by atoms with Gasteiger partial charge < -0.3 is 14.5 Å². The van der Waals surface area contributed by atoms with E-state index in [0.29, 0.717) is 13.1 Å². The van der Waals surface area contributed by atoms with Crippen LogP contribution in [0.5, 0.6) is 5.75 Å². The van der Waals surface area contributed by atoms with Crippen molar-refractivity contribution in [3.63, 3.8) is 0 Å². The first-order chi connectivity index (χ1) is 13.4. The lowest BCUT2D eigenvalue weighted by molar-refractivity contribution is -0.130. The van der Waals surface area contributed by atoms with Crippen LogP contribution < -0.4 is 4.74 Å². The summed E-state index contributed by atoms with van der Waals surface area (Å²) < 4.78 is 5.51. The number of methoxy groups -OCH3 is 1. The summed E-state index contributed by atoms with van der Waals surface area (Å²) in [5, 5.41) is 1.69. The van der Waals surface area contributed by atoms with Crippen molar-refractivity contribution in [1.82, 2.24) is 9.80 Å². The fraction of sp³-hybridized carbons (Fsp3) is 0.429. The summed E-state index contributed by atoms with van der Waals surface area (Å²) in [5.41, 5.74) is 0.994. The Kier molecular flexibility index (Phi) is 6.67. The molecule has 1 aliphatic heterocycles. The minimum Gasteiger partial charge on any atom is -0.496 e. The number of ether oxygens (including phenoxy) is 1. The van der Waals surface area contributed by atoms with E-state index in [0.717, 1.165) is 16.2 Å². The van der Waals surface area contributed by atoms with E-state index >= 15 is 0 Å². The van der Waals surface area contributed by atoms with Crippen LogP contribution in [0.4, 0.5) is 0 Å². The number of rotatable bonds is 7. The molecule has 0 N–H and O–H groups in total. The zero-order chi connectivity index (χ0) is 20.3. The van der Waals surface area contributed by atoms with Gasteiger partial charge in [0.25, 0.3) is 5.91 Å². The van der Waals surface area contributed by atoms with Crippen molar-refractivity contribution in [3.05, 3.63) is 52.2 Å². The Hall–Kier alpha value is -1.99. The molecule has 5 nitrogen and oxygen atoms in total. The second-order valence-corrected chi connectivity index (χ2v) is 9.35. The molecule has 3 rings (SSSR count). The number of hydrogen-bond acceptors (Lipinski definition) is 5. The Bertz CT molecular complexity index is 823. The lowest BCUT2D eigenvalue weighted by Crippen LogP contribution is -2.43. The van der Waals surface area contributed by atoms with E-state index in [4.69, 9.17) is 4.74 Å². The summed E-state index contributed by atoms with van der Waals surface area (Å²) in [5.74, 6) is 0.904. The summed E-state index contributed by atoms with van der Waals surface area (Å²) in [6.07, 6.45) is 0. The van der Waals surface area contributed by atoms with E-state index in [1.807, 2.05) is 72.3 Å². The van der Waals surface area contributed by atoms with Gasteiger partial charge in [0, 0.05) is 24.7 Å². The number of para-hydroxylation sites is 1. The molecule has 150 valence electrons. The minimum absolute atomic E-state index is 0.0196. The van der Waals surface area contributed by atoms with Crippen LogP contribution in [0.2, 0.25) is 0 Å². The molecule has 0 bridgehead atoms. The molecule has 0 unspecified atom stereocenters. The van der Waals surface area contributed by atoms with E-state index in [1.54, 1.807) is 18.9 Å². The van der Waals surface area contributed by atoms with Gasteiger partial charge in [0.05, 0.1) is 17.2 Å². The van der Waals surface area contributed by atoms with Gasteiger partial charge in [-0.05, 0) is 38.3 Å². The highest BCUT2D eigenvalue weighted by molar-refractivity contribution is 8.01. The van der Waals surface area contributed by atoms with Crippen LogP contribution >= 0.6 is 23.1 Å². The van der Waals surface area contributed by atoms with Crippen LogP contribution in [0.1, 0.15) is 41.4 Å². The summed E-state index contributed by atoms with van der Waals surface area (Å²) in [7, 11) is 1.65. The van der Waals surface area contributed by atoms with Crippen LogP contribution in [-0.2, 0) is 4.79 Å². The van der Waals surface area contributed by atoms with E-state index in [2.05, 4.69) is 0 Å². The van der Waals surface area contributed by atoms with Gasteiger partial charge in [-0.1, -0.05) is 24.3 Å². The maximum atomic E-state index is 12.9. The fourth-order valence-corrected chi connectivity index (χ4v) is 5.38. The van der Waals surface area contributed by atoms with E-state index < -0.39 is 0 Å². The summed E-state index contributed by atoms with van der Waals surface area (Å²) in [4.78, 5) is 30.1. The van der Waals surface area contributed by atoms with Gasteiger partial charge in [-0.2, -0.15) is 0 Å². The smallest absolute Gasteiger partial charge is 0.264 e. The second kappa shape index (κ2) is 9.01. The molecule has 1 fully saturated rings. The predicted molar refractivity (Wildman–Crippen MR) is 115 cm³/mol. The number of nitrogens with zero attached hydrogens (tertiary/aromatic N) is 2. The Morgan fingerprint density at radius 1 is 1.25 bits per heavy atom. The third-order valence-corrected chi connectivity index (χ3v) is 7.08. The lowest BCUT2D eigenvalue weighted by atomic mass is 10.1. The van der Waals surface area contributed by atoms with Crippen LogP contribution in [0.3, 0.4) is 0 Å². The van der Waals surface area contributed by atoms with E-state index in [9.17, 15) is 9.59 Å². The van der Waals surface area contributed by atoms with Crippen molar-refractivity contribution < 1.29 is 14.3 Å². The minimum atomic E-state index is -0.115. The lowest BCUT2D eigenvalue weighted by Gasteiger charge is -2.31. The number of hydrogen-bond donors (Lipinski definition) is 0. The second-order valence-electron chi connectivity index (χ2n) is 6.97. The zero-order valence-electron chi connectivity index (χ0n) is 16.6. The van der Waals surface area contributed by atoms with Crippen molar-refractivity contribution in [2.24, 2.45) is 0 Å². The van der Waals surface area contributed by atoms with Crippen molar-refractivity contribution in [2.45, 2.75) is 37.4 Å². The molecule has 2 aromatic rings. The SMILES string of the molecule is COc1ccccc1[C@@H]1S[C@@H](C)C(=O)N1CCN(C(=O)c1cccs1)C(C)C. The maximum Gasteiger partial charge on any atom is 0.264 e. The highest BCUT2D eigenvalue weighted by Gasteiger charge is 2.39. The molecule has 2 heterocycles. The van der Waals surface area contributed by atoms with Gasteiger partial charge in [0.1, 0.15) is 11.1 Å². The Morgan fingerprint density at radius 2 is 2.00 bits per heavy atom. The fourth-order valence-electron chi connectivity index (χ4n) is 3.36. The quantitative estimate of drug-likeness (QED) is 0.674. The van der Waals surface area contributed by atoms with Gasteiger partial charge >= 0.3 is 0 Å². The normalized spacial score (nSPS) is 19.3. The van der Waals surface area contributed by atoms with Gasteiger partial charge in [-0.25, -0.2) is 0 Å². The molecule has 1 saturated heterocycles. The van der Waals surface area contributed by atoms with Crippen LogP contribution in [0.25, 0.3) is 0 Å². The number of benzene rings is 1. The first-order valence-corrected chi connectivity index (χ1v) is 11.2. The third-order valence-electron chi connectivity index (χ3n) is 4.85. The van der Waals surface area contributed by atoms with Gasteiger partial charge in [0.15, 0.2) is 0 Å². The van der Waals surface area contributed by atoms with Crippen molar-refractivity contribution in [3.8, 4) is 5.75 Å². The molecule has 0 aliphatic carbocycles. The van der Waals surface area contributed by atoms with Gasteiger partial charge in [-0.3, -0.25) is 9.59 Å². The zero-order valence-corrected chi connectivity index (χ0v) is 18.3. The monoisotopic (exact) mass is 418 g/mol. The average Bonchev–Trinajstić information content (AvgIpc) is 3.31. The van der Waals surface area contributed by atoms with Crippen molar-refractivity contribution >= 4 is 34.9 Å². The summed E-state index contributed by atoms with van der Waals surface area (Å²) >= 11 is 3.07. The molecule has 2 atom stereocenters. The molecule has 1 aliphatic rings. The molecule has 2 amide bonds. The van der Waals surface area contributed by atoms with Crippen molar-refractivity contribution in [1.29, 1.82) is 0 Å². The van der Waals surface area contributed by atoms with Crippen LogP contribution in [-0.4, -0.2) is 53.1 Å². The standard InChI is InChI=1S/C21H26N2O3S2/c1-14(2)22(20(25)18-10-7-13-27-18)11-12-23-19(24)15(3)28-21(23)16-8-5-6-9-17(16)26-4/h5-10,13-15,21H,11-12H2,1-4H3/t15-,21-/m0/s1. The van der Waals surface area contributed by atoms with Gasteiger partial charge in [0.2, 0.25) is 5.91 Å². The van der Waals surface area contributed by atoms with Crippen molar-refractivity contribution in [2.75, 3.05) is 20.2 Å². The maximum absolute atomic E-state index is 12.9. The topological polar surface area (TPSA) is 49.9 Å². The number of thioether (sulfide) groups is 1.